The third-order valence-electron chi connectivity index (χ3n) is 6.59. The van der Waals surface area contributed by atoms with Gasteiger partial charge in [0.15, 0.2) is 0 Å². The van der Waals surface area contributed by atoms with Crippen LogP contribution in [0, 0.1) is 0 Å². The molecule has 0 radical (unpaired) electrons. The summed E-state index contributed by atoms with van der Waals surface area (Å²) in [7, 11) is 3.80. The molecule has 0 spiro atoms. The van der Waals surface area contributed by atoms with Crippen LogP contribution in [0.5, 0.6) is 0 Å². The number of carboxylic acid groups (broad SMARTS) is 1. The summed E-state index contributed by atoms with van der Waals surface area (Å²) in [5.41, 5.74) is 11.9. The smallest absolute Gasteiger partial charge is 0.333 e. The van der Waals surface area contributed by atoms with Gasteiger partial charge in [-0.05, 0) is 41.0 Å². The first-order valence-electron chi connectivity index (χ1n) is 11.3. The van der Waals surface area contributed by atoms with Crippen LogP contribution in [0.3, 0.4) is 0 Å². The van der Waals surface area contributed by atoms with Gasteiger partial charge in [-0.1, -0.05) is 54.6 Å². The summed E-state index contributed by atoms with van der Waals surface area (Å²) in [4.78, 5) is 16.7. The molecule has 2 aliphatic rings. The molecule has 7 nitrogen and oxygen atoms in total. The molecule has 7 heteroatoms. The second-order valence-corrected chi connectivity index (χ2v) is 9.03. The SMILES string of the molecule is CN1CCN(Cc2ccccc2-c2ccc(C3=CC(N)C(N(C)N)C(C(=O)O)=C3)cc2)CC1. The van der Waals surface area contributed by atoms with Crippen LogP contribution in [0.15, 0.2) is 66.3 Å². The van der Waals surface area contributed by atoms with Crippen molar-refractivity contribution in [3.05, 3.63) is 77.4 Å². The largest absolute Gasteiger partial charge is 0.478 e. The van der Waals surface area contributed by atoms with Crippen LogP contribution in [0.1, 0.15) is 11.1 Å². The van der Waals surface area contributed by atoms with Crippen molar-refractivity contribution in [1.82, 2.24) is 14.8 Å². The van der Waals surface area contributed by atoms with Gasteiger partial charge in [0.05, 0.1) is 11.6 Å². The van der Waals surface area contributed by atoms with Crippen molar-refractivity contribution in [1.29, 1.82) is 0 Å². The van der Waals surface area contributed by atoms with Gasteiger partial charge in [-0.15, -0.1) is 0 Å². The van der Waals surface area contributed by atoms with E-state index in [9.17, 15) is 9.90 Å². The Hall–Kier alpha value is -2.81. The maximum absolute atomic E-state index is 11.8. The number of rotatable bonds is 6. The Balaban J connectivity index is 1.57. The highest BCUT2D eigenvalue weighted by molar-refractivity contribution is 5.94. The van der Waals surface area contributed by atoms with Crippen molar-refractivity contribution in [2.45, 2.75) is 18.6 Å². The fourth-order valence-corrected chi connectivity index (χ4v) is 4.69. The molecular weight excluding hydrogens is 414 g/mol. The molecule has 0 amide bonds. The summed E-state index contributed by atoms with van der Waals surface area (Å²) in [6, 6.07) is 15.7. The van der Waals surface area contributed by atoms with Gasteiger partial charge in [-0.3, -0.25) is 10.7 Å². The van der Waals surface area contributed by atoms with Gasteiger partial charge in [0.25, 0.3) is 0 Å². The molecule has 2 unspecified atom stereocenters. The first kappa shape index (κ1) is 23.4. The van der Waals surface area contributed by atoms with E-state index in [4.69, 9.17) is 11.6 Å². The molecule has 1 aliphatic heterocycles. The summed E-state index contributed by atoms with van der Waals surface area (Å²) in [6.45, 7) is 5.29. The van der Waals surface area contributed by atoms with E-state index in [1.165, 1.54) is 16.1 Å². The number of nitrogens with two attached hydrogens (primary N) is 2. The lowest BCUT2D eigenvalue weighted by Crippen LogP contribution is -2.52. The summed E-state index contributed by atoms with van der Waals surface area (Å²) in [6.07, 6.45) is 3.56. The van der Waals surface area contributed by atoms with E-state index < -0.39 is 18.1 Å². The van der Waals surface area contributed by atoms with Gasteiger partial charge in [0.1, 0.15) is 0 Å². The topological polar surface area (TPSA) is 99.1 Å². The highest BCUT2D eigenvalue weighted by Gasteiger charge is 2.31. The van der Waals surface area contributed by atoms with Gasteiger partial charge < -0.3 is 15.7 Å². The maximum atomic E-state index is 11.8. The van der Waals surface area contributed by atoms with Crippen molar-refractivity contribution in [2.24, 2.45) is 11.6 Å². The van der Waals surface area contributed by atoms with E-state index in [1.54, 1.807) is 13.1 Å². The lowest BCUT2D eigenvalue weighted by Gasteiger charge is -2.32. The molecule has 1 saturated heterocycles. The predicted molar refractivity (Wildman–Crippen MR) is 132 cm³/mol. The minimum absolute atomic E-state index is 0.201. The molecule has 1 aliphatic carbocycles. The highest BCUT2D eigenvalue weighted by Crippen LogP contribution is 2.30. The van der Waals surface area contributed by atoms with E-state index in [2.05, 4.69) is 53.2 Å². The van der Waals surface area contributed by atoms with Crippen molar-refractivity contribution in [3.63, 3.8) is 0 Å². The van der Waals surface area contributed by atoms with E-state index in [0.717, 1.165) is 49.4 Å². The van der Waals surface area contributed by atoms with Crippen molar-refractivity contribution < 1.29 is 9.90 Å². The Morgan fingerprint density at radius 2 is 1.70 bits per heavy atom. The van der Waals surface area contributed by atoms with Gasteiger partial charge >= 0.3 is 5.97 Å². The number of benzene rings is 2. The Morgan fingerprint density at radius 1 is 1.06 bits per heavy atom. The van der Waals surface area contributed by atoms with Crippen molar-refractivity contribution >= 4 is 11.5 Å². The van der Waals surface area contributed by atoms with Gasteiger partial charge in [0, 0.05) is 45.8 Å². The van der Waals surface area contributed by atoms with E-state index in [-0.39, 0.29) is 5.57 Å². The number of allylic oxidation sites excluding steroid dienone is 2. The van der Waals surface area contributed by atoms with Gasteiger partial charge in [-0.2, -0.15) is 0 Å². The van der Waals surface area contributed by atoms with Crippen LogP contribution < -0.4 is 11.6 Å². The van der Waals surface area contributed by atoms with Crippen molar-refractivity contribution in [2.75, 3.05) is 40.3 Å². The highest BCUT2D eigenvalue weighted by atomic mass is 16.4. The zero-order chi connectivity index (χ0) is 23.5. The molecule has 4 rings (SSSR count). The predicted octanol–water partition coefficient (Wildman–Crippen LogP) is 2.01. The molecule has 174 valence electrons. The van der Waals surface area contributed by atoms with E-state index in [1.807, 2.05) is 18.2 Å². The monoisotopic (exact) mass is 447 g/mol. The van der Waals surface area contributed by atoms with E-state index in [0.29, 0.717) is 0 Å². The van der Waals surface area contributed by atoms with Crippen LogP contribution >= 0.6 is 0 Å². The molecule has 2 aromatic carbocycles. The minimum Gasteiger partial charge on any atom is -0.478 e. The number of carbonyl (C=O) groups is 1. The zero-order valence-corrected chi connectivity index (χ0v) is 19.3. The number of likely N-dealkylation sites (N-methyl/N-ethyl adjacent to an activating group) is 2. The fourth-order valence-electron chi connectivity index (χ4n) is 4.69. The lowest BCUT2D eigenvalue weighted by molar-refractivity contribution is -0.133. The van der Waals surface area contributed by atoms with E-state index >= 15 is 0 Å². The molecule has 2 aromatic rings. The molecule has 33 heavy (non-hydrogen) atoms. The second kappa shape index (κ2) is 9.99. The number of hydrazine groups is 1. The third kappa shape index (κ3) is 5.24. The fraction of sp³-hybridized carbons (Fsp3) is 0.346. The van der Waals surface area contributed by atoms with Crippen molar-refractivity contribution in [3.8, 4) is 11.1 Å². The molecule has 0 bridgehead atoms. The minimum atomic E-state index is -1.01. The summed E-state index contributed by atoms with van der Waals surface area (Å²) in [5, 5.41) is 11.0. The molecule has 1 fully saturated rings. The molecule has 0 aromatic heterocycles. The van der Waals surface area contributed by atoms with Gasteiger partial charge in [-0.25, -0.2) is 9.80 Å². The Kier molecular flexibility index (Phi) is 7.07. The molecule has 0 saturated carbocycles. The molecule has 2 atom stereocenters. The summed E-state index contributed by atoms with van der Waals surface area (Å²) in [5.74, 6) is 4.85. The van der Waals surface area contributed by atoms with Crippen LogP contribution in [-0.4, -0.2) is 78.2 Å². The standard InChI is InChI=1S/C26H33N5O2/c1-29-11-13-31(14-12-29)17-20-5-3-4-6-22(20)19-9-7-18(8-10-19)21-15-23(26(32)33)25(30(2)28)24(27)16-21/h3-10,15-16,24-25H,11-14,17,27-28H2,1-2H3,(H,32,33). The lowest BCUT2D eigenvalue weighted by atomic mass is 9.87. The number of hydrogen-bond acceptors (Lipinski definition) is 6. The Labute approximate surface area is 195 Å². The number of aliphatic carboxylic acids is 1. The number of nitrogens with zero attached hydrogens (tertiary/aromatic N) is 3. The van der Waals surface area contributed by atoms with Crippen LogP contribution in [-0.2, 0) is 11.3 Å². The first-order valence-corrected chi connectivity index (χ1v) is 11.3. The maximum Gasteiger partial charge on any atom is 0.333 e. The van der Waals surface area contributed by atoms with Gasteiger partial charge in [0.2, 0.25) is 0 Å². The van der Waals surface area contributed by atoms with Crippen LogP contribution in [0.2, 0.25) is 0 Å². The molecule has 1 heterocycles. The Bertz CT molecular complexity index is 1050. The zero-order valence-electron chi connectivity index (χ0n) is 19.3. The Morgan fingerprint density at radius 3 is 2.33 bits per heavy atom. The first-order chi connectivity index (χ1) is 15.8. The average Bonchev–Trinajstić information content (AvgIpc) is 2.80. The summed E-state index contributed by atoms with van der Waals surface area (Å²) >= 11 is 0. The number of carboxylic acids is 1. The summed E-state index contributed by atoms with van der Waals surface area (Å²) < 4.78 is 0. The molecular formula is C26H33N5O2. The normalized spacial score (nSPS) is 22.2. The second-order valence-electron chi connectivity index (χ2n) is 9.03. The van der Waals surface area contributed by atoms with Crippen LogP contribution in [0.25, 0.3) is 16.7 Å². The third-order valence-corrected chi connectivity index (χ3v) is 6.59. The molecule has 5 N–H and O–H groups in total. The number of hydrogen-bond donors (Lipinski definition) is 3. The number of piperazine rings is 1. The quantitative estimate of drug-likeness (QED) is 0.460. The van der Waals surface area contributed by atoms with Crippen LogP contribution in [0.4, 0.5) is 0 Å². The average molecular weight is 448 g/mol.